The van der Waals surface area contributed by atoms with Gasteiger partial charge in [-0.25, -0.2) is 0 Å². The molecule has 0 unspecified atom stereocenters. The molecule has 0 aromatic carbocycles. The normalized spacial score (nSPS) is 16.7. The molecule has 1 aromatic rings. The number of nitrogens with zero attached hydrogens (tertiary/aromatic N) is 2. The van der Waals surface area contributed by atoms with Gasteiger partial charge < -0.3 is 4.90 Å². The molecule has 0 amide bonds. The number of nitriles is 1. The molecule has 0 atom stereocenters. The fourth-order valence-corrected chi connectivity index (χ4v) is 3.03. The molecule has 1 fully saturated rings. The maximum absolute atomic E-state index is 8.76. The van der Waals surface area contributed by atoms with E-state index < -0.39 is 0 Å². The van der Waals surface area contributed by atoms with Crippen molar-refractivity contribution in [2.24, 2.45) is 0 Å². The number of rotatable bonds is 1. The fraction of sp³-hybridized carbons (Fsp3) is 0.500. The molecule has 0 aliphatic carbocycles. The van der Waals surface area contributed by atoms with Crippen LogP contribution in [0.2, 0.25) is 5.02 Å². The Morgan fingerprint density at radius 2 is 2.07 bits per heavy atom. The minimum atomic E-state index is 0.704. The molecule has 0 N–H and O–H groups in total. The van der Waals surface area contributed by atoms with Gasteiger partial charge in [-0.1, -0.05) is 11.6 Å². The van der Waals surface area contributed by atoms with Crippen LogP contribution in [0.1, 0.15) is 24.1 Å². The zero-order valence-electron chi connectivity index (χ0n) is 7.79. The van der Waals surface area contributed by atoms with Crippen LogP contribution in [0.15, 0.2) is 6.07 Å². The van der Waals surface area contributed by atoms with E-state index in [0.717, 1.165) is 23.1 Å². The molecule has 2 nitrogen and oxygen atoms in total. The molecule has 2 heterocycles. The van der Waals surface area contributed by atoms with Gasteiger partial charge in [0, 0.05) is 13.1 Å². The average molecular weight is 227 g/mol. The van der Waals surface area contributed by atoms with Gasteiger partial charge in [0.05, 0.1) is 5.02 Å². The smallest absolute Gasteiger partial charge is 0.111 e. The molecule has 0 radical (unpaired) electrons. The van der Waals surface area contributed by atoms with E-state index in [1.165, 1.54) is 30.6 Å². The Morgan fingerprint density at radius 3 is 2.64 bits per heavy atom. The predicted molar refractivity (Wildman–Crippen MR) is 60.1 cm³/mol. The first-order valence-electron chi connectivity index (χ1n) is 4.75. The summed E-state index contributed by atoms with van der Waals surface area (Å²) in [6, 6.07) is 3.89. The second-order valence-electron chi connectivity index (χ2n) is 3.42. The molecule has 0 saturated carbocycles. The highest BCUT2D eigenvalue weighted by molar-refractivity contribution is 7.17. The third-order valence-electron chi connectivity index (χ3n) is 2.42. The number of halogens is 1. The summed E-state index contributed by atoms with van der Waals surface area (Å²) < 4.78 is 0. The van der Waals surface area contributed by atoms with E-state index in [2.05, 4.69) is 11.0 Å². The van der Waals surface area contributed by atoms with Crippen molar-refractivity contribution in [3.63, 3.8) is 0 Å². The van der Waals surface area contributed by atoms with E-state index in [1.54, 1.807) is 6.07 Å². The van der Waals surface area contributed by atoms with Crippen molar-refractivity contribution in [1.82, 2.24) is 0 Å². The number of thiophene rings is 1. The number of piperidine rings is 1. The van der Waals surface area contributed by atoms with Crippen molar-refractivity contribution in [3.8, 4) is 6.07 Å². The Kier molecular flexibility index (Phi) is 2.95. The average Bonchev–Trinajstić information content (AvgIpc) is 2.61. The van der Waals surface area contributed by atoms with Gasteiger partial charge in [0.2, 0.25) is 0 Å². The minimum absolute atomic E-state index is 0.704. The lowest BCUT2D eigenvalue weighted by atomic mass is 10.1. The van der Waals surface area contributed by atoms with E-state index >= 15 is 0 Å². The van der Waals surface area contributed by atoms with Gasteiger partial charge >= 0.3 is 0 Å². The molecular formula is C10H11ClN2S. The Bertz CT molecular complexity index is 361. The van der Waals surface area contributed by atoms with Crippen LogP contribution >= 0.6 is 22.9 Å². The highest BCUT2D eigenvalue weighted by atomic mass is 35.5. The van der Waals surface area contributed by atoms with Crippen molar-refractivity contribution in [1.29, 1.82) is 5.26 Å². The summed E-state index contributed by atoms with van der Waals surface area (Å²) in [5.74, 6) is 0. The molecular weight excluding hydrogens is 216 g/mol. The van der Waals surface area contributed by atoms with Gasteiger partial charge in [0.1, 0.15) is 15.9 Å². The van der Waals surface area contributed by atoms with E-state index in [-0.39, 0.29) is 0 Å². The summed E-state index contributed by atoms with van der Waals surface area (Å²) in [6.07, 6.45) is 3.77. The minimum Gasteiger partial charge on any atom is -0.362 e. The molecule has 2 rings (SSSR count). The summed E-state index contributed by atoms with van der Waals surface area (Å²) in [5.41, 5.74) is 0. The van der Waals surface area contributed by atoms with Crippen LogP contribution in [0.25, 0.3) is 0 Å². The predicted octanol–water partition coefficient (Wildman–Crippen LogP) is 3.26. The third-order valence-corrected chi connectivity index (χ3v) is 3.92. The number of hydrogen-bond acceptors (Lipinski definition) is 3. The molecule has 1 aliphatic rings. The number of anilines is 1. The SMILES string of the molecule is N#Cc1cc(Cl)c(N2CCCCC2)s1. The van der Waals surface area contributed by atoms with Crippen molar-refractivity contribution in [2.45, 2.75) is 19.3 Å². The zero-order valence-corrected chi connectivity index (χ0v) is 9.37. The number of hydrogen-bond donors (Lipinski definition) is 0. The van der Waals surface area contributed by atoms with Crippen LogP contribution in [0, 0.1) is 11.3 Å². The highest BCUT2D eigenvalue weighted by Gasteiger charge is 2.16. The molecule has 4 heteroatoms. The quantitative estimate of drug-likeness (QED) is 0.735. The van der Waals surface area contributed by atoms with Crippen LogP contribution < -0.4 is 4.90 Å². The lowest BCUT2D eigenvalue weighted by Gasteiger charge is -2.27. The van der Waals surface area contributed by atoms with Gasteiger partial charge in [-0.15, -0.1) is 11.3 Å². The van der Waals surface area contributed by atoms with E-state index in [1.807, 2.05) is 0 Å². The van der Waals surface area contributed by atoms with Crippen LogP contribution in [0.5, 0.6) is 0 Å². The van der Waals surface area contributed by atoms with Crippen molar-refractivity contribution < 1.29 is 0 Å². The van der Waals surface area contributed by atoms with Crippen LogP contribution in [0.4, 0.5) is 5.00 Å². The van der Waals surface area contributed by atoms with Gasteiger partial charge in [-0.3, -0.25) is 0 Å². The van der Waals surface area contributed by atoms with Crippen LogP contribution in [-0.2, 0) is 0 Å². The molecule has 0 bridgehead atoms. The van der Waals surface area contributed by atoms with Crippen LogP contribution in [-0.4, -0.2) is 13.1 Å². The summed E-state index contributed by atoms with van der Waals surface area (Å²) >= 11 is 7.57. The Morgan fingerprint density at radius 1 is 1.36 bits per heavy atom. The molecule has 1 aliphatic heterocycles. The molecule has 14 heavy (non-hydrogen) atoms. The van der Waals surface area contributed by atoms with E-state index in [9.17, 15) is 0 Å². The first-order chi connectivity index (χ1) is 6.81. The van der Waals surface area contributed by atoms with Gasteiger partial charge in [0.25, 0.3) is 0 Å². The van der Waals surface area contributed by atoms with Crippen molar-refractivity contribution in [3.05, 3.63) is 16.0 Å². The van der Waals surface area contributed by atoms with Crippen molar-refractivity contribution in [2.75, 3.05) is 18.0 Å². The summed E-state index contributed by atoms with van der Waals surface area (Å²) in [4.78, 5) is 2.99. The summed E-state index contributed by atoms with van der Waals surface area (Å²) in [6.45, 7) is 2.15. The monoisotopic (exact) mass is 226 g/mol. The molecule has 1 aromatic heterocycles. The van der Waals surface area contributed by atoms with Gasteiger partial charge in [0.15, 0.2) is 0 Å². The molecule has 0 spiro atoms. The largest absolute Gasteiger partial charge is 0.362 e. The highest BCUT2D eigenvalue weighted by Crippen LogP contribution is 2.36. The summed E-state index contributed by atoms with van der Waals surface area (Å²) in [7, 11) is 0. The lowest BCUT2D eigenvalue weighted by molar-refractivity contribution is 0.580. The maximum Gasteiger partial charge on any atom is 0.111 e. The zero-order chi connectivity index (χ0) is 9.97. The summed E-state index contributed by atoms with van der Waals surface area (Å²) in [5, 5.41) is 10.6. The second-order valence-corrected chi connectivity index (χ2v) is 4.86. The van der Waals surface area contributed by atoms with Gasteiger partial charge in [-0.2, -0.15) is 5.26 Å². The Hall–Kier alpha value is -0.720. The maximum atomic E-state index is 8.76. The first kappa shape index (κ1) is 9.82. The first-order valence-corrected chi connectivity index (χ1v) is 5.95. The van der Waals surface area contributed by atoms with Crippen molar-refractivity contribution >= 4 is 27.9 Å². The molecule has 1 saturated heterocycles. The topological polar surface area (TPSA) is 27.0 Å². The fourth-order valence-electron chi connectivity index (χ4n) is 1.73. The van der Waals surface area contributed by atoms with Gasteiger partial charge in [-0.05, 0) is 25.3 Å². The second kappa shape index (κ2) is 4.20. The van der Waals surface area contributed by atoms with Crippen LogP contribution in [0.3, 0.4) is 0 Å². The molecule has 74 valence electrons. The third kappa shape index (κ3) is 1.87. The standard InChI is InChI=1S/C10H11ClN2S/c11-9-6-8(7-12)14-10(9)13-4-2-1-3-5-13/h6H,1-5H2. The lowest BCUT2D eigenvalue weighted by Crippen LogP contribution is -2.28. The van der Waals surface area contributed by atoms with E-state index in [0.29, 0.717) is 4.88 Å². The Balaban J connectivity index is 2.22. The van der Waals surface area contributed by atoms with E-state index in [4.69, 9.17) is 16.9 Å². The Labute approximate surface area is 92.7 Å².